The monoisotopic (exact) mass is 445 g/mol. The summed E-state index contributed by atoms with van der Waals surface area (Å²) in [6, 6.07) is 30.0. The number of hydrogen-bond acceptors (Lipinski definition) is 3. The van der Waals surface area contributed by atoms with Crippen LogP contribution in [0.2, 0.25) is 0 Å². The van der Waals surface area contributed by atoms with Gasteiger partial charge in [0.1, 0.15) is 0 Å². The molecule has 0 fully saturated rings. The van der Waals surface area contributed by atoms with Crippen LogP contribution in [0.4, 0.5) is 0 Å². The normalized spacial score (nSPS) is 12.0. The quantitative estimate of drug-likeness (QED) is 0.276. The Hall–Kier alpha value is -4.02. The van der Waals surface area contributed by atoms with E-state index in [4.69, 9.17) is 0 Å². The molecule has 4 nitrogen and oxygen atoms in total. The molecule has 5 rings (SSSR count). The maximum atomic E-state index is 13.8. The van der Waals surface area contributed by atoms with Gasteiger partial charge in [0.05, 0.1) is 11.7 Å². The lowest BCUT2D eigenvalue weighted by Crippen LogP contribution is -2.30. The maximum Gasteiger partial charge on any atom is 0.186 e. The summed E-state index contributed by atoms with van der Waals surface area (Å²) in [6.45, 7) is 2.80. The molecule has 0 radical (unpaired) electrons. The lowest BCUT2D eigenvalue weighted by molar-refractivity contribution is 0.0945. The fourth-order valence-electron chi connectivity index (χ4n) is 4.30. The number of benzene rings is 3. The number of nitrogens with one attached hydrogen (secondary N) is 2. The number of carbonyl (C=O) groups is 1. The molecule has 0 bridgehead atoms. The zero-order valence-electron chi connectivity index (χ0n) is 19.2. The number of ketones is 1. The van der Waals surface area contributed by atoms with Gasteiger partial charge in [-0.1, -0.05) is 78.4 Å². The number of fused-ring (bicyclic) bond motifs is 1. The SMILES string of the molecule is Cc1ccc(CCN[C@H](C(=O)c2c[nH]c3cc(-c4ccccn4)ccc23)c2ccccc2)cc1. The summed E-state index contributed by atoms with van der Waals surface area (Å²) in [5.74, 6) is 0.0620. The molecule has 0 amide bonds. The summed E-state index contributed by atoms with van der Waals surface area (Å²) in [5.41, 5.74) is 7.02. The summed E-state index contributed by atoms with van der Waals surface area (Å²) >= 11 is 0. The van der Waals surface area contributed by atoms with Gasteiger partial charge < -0.3 is 10.3 Å². The van der Waals surface area contributed by atoms with Crippen LogP contribution < -0.4 is 5.32 Å². The molecule has 3 aromatic carbocycles. The highest BCUT2D eigenvalue weighted by molar-refractivity contribution is 6.11. The largest absolute Gasteiger partial charge is 0.360 e. The van der Waals surface area contributed by atoms with Crippen LogP contribution in [0.3, 0.4) is 0 Å². The van der Waals surface area contributed by atoms with Gasteiger partial charge >= 0.3 is 0 Å². The van der Waals surface area contributed by atoms with Crippen molar-refractivity contribution in [3.63, 3.8) is 0 Å². The molecule has 0 saturated carbocycles. The number of aromatic nitrogens is 2. The van der Waals surface area contributed by atoms with Crippen LogP contribution in [0.5, 0.6) is 0 Å². The van der Waals surface area contributed by atoms with E-state index in [0.717, 1.165) is 34.1 Å². The van der Waals surface area contributed by atoms with Gasteiger partial charge in [0.15, 0.2) is 5.78 Å². The van der Waals surface area contributed by atoms with Crippen molar-refractivity contribution in [1.29, 1.82) is 0 Å². The Kier molecular flexibility index (Phi) is 6.32. The van der Waals surface area contributed by atoms with Crippen LogP contribution in [0.25, 0.3) is 22.2 Å². The fourth-order valence-corrected chi connectivity index (χ4v) is 4.30. The van der Waals surface area contributed by atoms with Gasteiger partial charge in [-0.05, 0) is 42.7 Å². The molecule has 5 aromatic rings. The first kappa shape index (κ1) is 21.8. The Labute approximate surface area is 199 Å². The third-order valence-corrected chi connectivity index (χ3v) is 6.19. The molecule has 0 spiro atoms. The first-order valence-corrected chi connectivity index (χ1v) is 11.6. The summed E-state index contributed by atoms with van der Waals surface area (Å²) in [7, 11) is 0. The van der Waals surface area contributed by atoms with Crippen molar-refractivity contribution >= 4 is 16.7 Å². The van der Waals surface area contributed by atoms with E-state index in [-0.39, 0.29) is 5.78 Å². The molecular weight excluding hydrogens is 418 g/mol. The Morgan fingerprint density at radius 1 is 0.941 bits per heavy atom. The van der Waals surface area contributed by atoms with Crippen molar-refractivity contribution in [2.45, 2.75) is 19.4 Å². The molecule has 0 saturated heterocycles. The highest BCUT2D eigenvalue weighted by atomic mass is 16.1. The third kappa shape index (κ3) is 4.68. The van der Waals surface area contributed by atoms with Crippen LogP contribution >= 0.6 is 0 Å². The van der Waals surface area contributed by atoms with Crippen molar-refractivity contribution < 1.29 is 4.79 Å². The fraction of sp³-hybridized carbons (Fsp3) is 0.133. The molecule has 2 heterocycles. The number of pyridine rings is 1. The number of H-pyrrole nitrogens is 1. The van der Waals surface area contributed by atoms with Crippen LogP contribution in [0.15, 0.2) is 103 Å². The summed E-state index contributed by atoms with van der Waals surface area (Å²) in [4.78, 5) is 21.5. The van der Waals surface area contributed by atoms with Crippen molar-refractivity contribution in [3.05, 3.63) is 126 Å². The first-order valence-electron chi connectivity index (χ1n) is 11.6. The van der Waals surface area contributed by atoms with Crippen molar-refractivity contribution in [1.82, 2.24) is 15.3 Å². The van der Waals surface area contributed by atoms with E-state index in [0.29, 0.717) is 12.1 Å². The smallest absolute Gasteiger partial charge is 0.186 e. The molecule has 0 unspecified atom stereocenters. The summed E-state index contributed by atoms with van der Waals surface area (Å²) < 4.78 is 0. The standard InChI is InChI=1S/C30H27N3O/c1-21-10-12-22(13-11-21)16-18-32-29(23-7-3-2-4-8-23)30(34)26-20-33-28-19-24(14-15-25(26)28)27-9-5-6-17-31-27/h2-15,17,19-20,29,32-33H,16,18H2,1H3/t29-/m0/s1. The van der Waals surface area contributed by atoms with Crippen molar-refractivity contribution in [2.75, 3.05) is 6.54 Å². The zero-order valence-corrected chi connectivity index (χ0v) is 19.2. The average Bonchev–Trinajstić information content (AvgIpc) is 3.32. The van der Waals surface area contributed by atoms with Crippen LogP contribution in [0, 0.1) is 6.92 Å². The van der Waals surface area contributed by atoms with E-state index >= 15 is 0 Å². The second kappa shape index (κ2) is 9.86. The lowest BCUT2D eigenvalue weighted by Gasteiger charge is -2.18. The Bertz CT molecular complexity index is 1390. The van der Waals surface area contributed by atoms with Crippen LogP contribution in [-0.4, -0.2) is 22.3 Å². The van der Waals surface area contributed by atoms with Gasteiger partial charge in [-0.3, -0.25) is 9.78 Å². The number of aryl methyl sites for hydroxylation is 1. The molecule has 0 aliphatic rings. The van der Waals surface area contributed by atoms with Crippen LogP contribution in [-0.2, 0) is 6.42 Å². The lowest BCUT2D eigenvalue weighted by atomic mass is 9.96. The number of Topliss-reactive ketones (excluding diaryl/α,β-unsaturated/α-hetero) is 1. The second-order valence-corrected chi connectivity index (χ2v) is 8.58. The molecule has 0 aliphatic heterocycles. The maximum absolute atomic E-state index is 13.8. The van der Waals surface area contributed by atoms with Gasteiger partial charge in [0.2, 0.25) is 0 Å². The van der Waals surface area contributed by atoms with E-state index in [1.807, 2.05) is 66.9 Å². The van der Waals surface area contributed by atoms with E-state index < -0.39 is 6.04 Å². The molecule has 2 aromatic heterocycles. The summed E-state index contributed by atoms with van der Waals surface area (Å²) in [5, 5.41) is 4.44. The highest BCUT2D eigenvalue weighted by Gasteiger charge is 2.24. The van der Waals surface area contributed by atoms with E-state index in [2.05, 4.69) is 52.5 Å². The van der Waals surface area contributed by atoms with Crippen molar-refractivity contribution in [3.8, 4) is 11.3 Å². The van der Waals surface area contributed by atoms with E-state index in [1.54, 1.807) is 6.20 Å². The van der Waals surface area contributed by atoms with E-state index in [9.17, 15) is 4.79 Å². The first-order chi connectivity index (χ1) is 16.7. The summed E-state index contributed by atoms with van der Waals surface area (Å²) in [6.07, 6.45) is 4.47. The molecule has 168 valence electrons. The molecular formula is C30H27N3O. The van der Waals surface area contributed by atoms with Gasteiger partial charge in [-0.15, -0.1) is 0 Å². The van der Waals surface area contributed by atoms with Gasteiger partial charge in [-0.25, -0.2) is 0 Å². The number of hydrogen-bond donors (Lipinski definition) is 2. The molecule has 34 heavy (non-hydrogen) atoms. The van der Waals surface area contributed by atoms with Gasteiger partial charge in [0.25, 0.3) is 0 Å². The minimum absolute atomic E-state index is 0.0620. The Morgan fingerprint density at radius 3 is 2.50 bits per heavy atom. The van der Waals surface area contributed by atoms with Crippen LogP contribution in [0.1, 0.15) is 33.1 Å². The van der Waals surface area contributed by atoms with Crippen molar-refractivity contribution in [2.24, 2.45) is 0 Å². The number of aromatic amines is 1. The average molecular weight is 446 g/mol. The molecule has 1 atom stereocenters. The van der Waals surface area contributed by atoms with Gasteiger partial charge in [-0.2, -0.15) is 0 Å². The highest BCUT2D eigenvalue weighted by Crippen LogP contribution is 2.28. The zero-order chi connectivity index (χ0) is 23.3. The van der Waals surface area contributed by atoms with Gasteiger partial charge in [0, 0.05) is 41.0 Å². The minimum atomic E-state index is -0.416. The molecule has 0 aliphatic carbocycles. The Balaban J connectivity index is 1.40. The number of nitrogens with zero attached hydrogens (tertiary/aromatic N) is 1. The number of rotatable bonds is 8. The minimum Gasteiger partial charge on any atom is -0.360 e. The second-order valence-electron chi connectivity index (χ2n) is 8.58. The number of carbonyl (C=O) groups excluding carboxylic acids is 1. The predicted octanol–water partition coefficient (Wildman–Crippen LogP) is 6.29. The molecule has 2 N–H and O–H groups in total. The predicted molar refractivity (Wildman–Crippen MR) is 138 cm³/mol. The topological polar surface area (TPSA) is 57.8 Å². The third-order valence-electron chi connectivity index (χ3n) is 6.19. The Morgan fingerprint density at radius 2 is 1.74 bits per heavy atom. The van der Waals surface area contributed by atoms with E-state index in [1.165, 1.54) is 11.1 Å². The molecule has 4 heteroatoms.